The normalized spacial score (nSPS) is 10.6. The lowest BCUT2D eigenvalue weighted by atomic mass is 10.1. The van der Waals surface area contributed by atoms with Crippen LogP contribution >= 0.6 is 0 Å². The molecule has 0 saturated heterocycles. The van der Waals surface area contributed by atoms with Crippen LogP contribution in [0, 0.1) is 0 Å². The molecular weight excluding hydrogens is 320 g/mol. The van der Waals surface area contributed by atoms with Crippen LogP contribution in [0.4, 0.5) is 5.69 Å². The van der Waals surface area contributed by atoms with Crippen molar-refractivity contribution in [3.05, 3.63) is 48.2 Å². The maximum absolute atomic E-state index is 12.8. The van der Waals surface area contributed by atoms with Crippen LogP contribution < -0.4 is 19.5 Å². The van der Waals surface area contributed by atoms with E-state index in [-0.39, 0.29) is 5.91 Å². The van der Waals surface area contributed by atoms with Crippen molar-refractivity contribution in [3.8, 4) is 17.2 Å². The summed E-state index contributed by atoms with van der Waals surface area (Å²) in [6.07, 6.45) is 1.93. The summed E-state index contributed by atoms with van der Waals surface area (Å²) >= 11 is 0. The largest absolute Gasteiger partial charge is 0.493 e. The molecule has 1 heterocycles. The predicted molar refractivity (Wildman–Crippen MR) is 97.0 cm³/mol. The molecule has 1 aromatic heterocycles. The van der Waals surface area contributed by atoms with E-state index in [0.717, 1.165) is 10.9 Å². The lowest BCUT2D eigenvalue weighted by molar-refractivity contribution is 0.102. The van der Waals surface area contributed by atoms with Gasteiger partial charge in [0.25, 0.3) is 5.91 Å². The number of aryl methyl sites for hydroxylation is 1. The molecule has 3 rings (SSSR count). The maximum Gasteiger partial charge on any atom is 0.256 e. The number of aromatic nitrogens is 1. The van der Waals surface area contributed by atoms with Gasteiger partial charge in [0.05, 0.1) is 21.3 Å². The van der Waals surface area contributed by atoms with Gasteiger partial charge in [-0.15, -0.1) is 0 Å². The highest BCUT2D eigenvalue weighted by atomic mass is 16.5. The molecule has 0 aliphatic carbocycles. The first kappa shape index (κ1) is 16.7. The second-order valence-electron chi connectivity index (χ2n) is 5.53. The number of carbonyl (C=O) groups excluding carboxylic acids is 1. The molecule has 1 amide bonds. The van der Waals surface area contributed by atoms with Gasteiger partial charge in [0.2, 0.25) is 5.75 Å². The van der Waals surface area contributed by atoms with E-state index in [2.05, 4.69) is 5.32 Å². The zero-order valence-electron chi connectivity index (χ0n) is 14.6. The Morgan fingerprint density at radius 2 is 1.68 bits per heavy atom. The molecule has 130 valence electrons. The molecule has 0 saturated carbocycles. The van der Waals surface area contributed by atoms with E-state index in [4.69, 9.17) is 14.2 Å². The fourth-order valence-corrected chi connectivity index (χ4v) is 2.85. The number of amides is 1. The van der Waals surface area contributed by atoms with E-state index < -0.39 is 0 Å². The molecule has 0 radical (unpaired) electrons. The van der Waals surface area contributed by atoms with Crippen LogP contribution in [0.15, 0.2) is 42.6 Å². The molecule has 0 bridgehead atoms. The average molecular weight is 340 g/mol. The number of nitrogens with one attached hydrogen (secondary N) is 1. The lowest BCUT2D eigenvalue weighted by Gasteiger charge is -2.15. The van der Waals surface area contributed by atoms with Gasteiger partial charge < -0.3 is 24.1 Å². The third kappa shape index (κ3) is 2.98. The summed E-state index contributed by atoms with van der Waals surface area (Å²) in [5.74, 6) is 1.24. The summed E-state index contributed by atoms with van der Waals surface area (Å²) in [5.41, 5.74) is 2.16. The Kier molecular flexibility index (Phi) is 4.52. The van der Waals surface area contributed by atoms with E-state index in [1.165, 1.54) is 21.3 Å². The maximum atomic E-state index is 12.8. The quantitative estimate of drug-likeness (QED) is 0.773. The van der Waals surface area contributed by atoms with Crippen molar-refractivity contribution in [2.75, 3.05) is 26.6 Å². The van der Waals surface area contributed by atoms with E-state index in [9.17, 15) is 4.79 Å². The lowest BCUT2D eigenvalue weighted by Crippen LogP contribution is -2.12. The third-order valence-electron chi connectivity index (χ3n) is 4.10. The summed E-state index contributed by atoms with van der Waals surface area (Å²) in [6.45, 7) is 0. The number of benzene rings is 2. The van der Waals surface area contributed by atoms with Crippen molar-refractivity contribution in [2.24, 2.45) is 7.05 Å². The summed E-state index contributed by atoms with van der Waals surface area (Å²) in [6, 6.07) is 11.0. The first-order valence-electron chi connectivity index (χ1n) is 7.74. The van der Waals surface area contributed by atoms with Crippen LogP contribution in [0.3, 0.4) is 0 Å². The van der Waals surface area contributed by atoms with Gasteiger partial charge in [0.15, 0.2) is 11.5 Å². The fraction of sp³-hybridized carbons (Fsp3) is 0.211. The number of nitrogens with zero attached hydrogens (tertiary/aromatic N) is 1. The highest BCUT2D eigenvalue weighted by molar-refractivity contribution is 6.12. The molecule has 6 heteroatoms. The zero-order valence-corrected chi connectivity index (χ0v) is 14.6. The smallest absolute Gasteiger partial charge is 0.256 e. The first-order chi connectivity index (χ1) is 12.1. The third-order valence-corrected chi connectivity index (χ3v) is 4.10. The molecular formula is C19H20N2O4. The van der Waals surface area contributed by atoms with Crippen molar-refractivity contribution < 1.29 is 19.0 Å². The fourth-order valence-electron chi connectivity index (χ4n) is 2.85. The minimum absolute atomic E-state index is 0.203. The number of fused-ring (bicyclic) bond motifs is 1. The van der Waals surface area contributed by atoms with Gasteiger partial charge in [-0.05, 0) is 18.2 Å². The molecule has 0 aliphatic heterocycles. The minimum atomic E-state index is -0.203. The van der Waals surface area contributed by atoms with Crippen LogP contribution in [-0.2, 0) is 7.05 Å². The van der Waals surface area contributed by atoms with Gasteiger partial charge in [-0.1, -0.05) is 6.07 Å². The average Bonchev–Trinajstić information content (AvgIpc) is 3.02. The summed E-state index contributed by atoms with van der Waals surface area (Å²) < 4.78 is 17.9. The number of rotatable bonds is 5. The molecule has 0 atom stereocenters. The van der Waals surface area contributed by atoms with Crippen molar-refractivity contribution in [1.29, 1.82) is 0 Å². The molecule has 2 aromatic carbocycles. The summed E-state index contributed by atoms with van der Waals surface area (Å²) in [5, 5.41) is 3.79. The highest BCUT2D eigenvalue weighted by Gasteiger charge is 2.16. The van der Waals surface area contributed by atoms with Gasteiger partial charge in [-0.25, -0.2) is 0 Å². The second-order valence-corrected chi connectivity index (χ2v) is 5.53. The number of ether oxygens (including phenoxy) is 3. The van der Waals surface area contributed by atoms with Gasteiger partial charge in [0, 0.05) is 47.5 Å². The van der Waals surface area contributed by atoms with E-state index in [0.29, 0.717) is 28.5 Å². The zero-order chi connectivity index (χ0) is 18.0. The second kappa shape index (κ2) is 6.76. The Labute approximate surface area is 145 Å². The van der Waals surface area contributed by atoms with Crippen LogP contribution in [-0.4, -0.2) is 31.8 Å². The Balaban J connectivity index is 1.97. The van der Waals surface area contributed by atoms with Gasteiger partial charge in [-0.3, -0.25) is 4.79 Å². The van der Waals surface area contributed by atoms with Crippen molar-refractivity contribution in [3.63, 3.8) is 0 Å². The Morgan fingerprint density at radius 1 is 1.00 bits per heavy atom. The number of hydrogen-bond acceptors (Lipinski definition) is 4. The molecule has 0 aliphatic rings. The van der Waals surface area contributed by atoms with E-state index in [1.54, 1.807) is 18.2 Å². The first-order valence-corrected chi connectivity index (χ1v) is 7.74. The van der Waals surface area contributed by atoms with Gasteiger partial charge >= 0.3 is 0 Å². The monoisotopic (exact) mass is 340 g/mol. The molecule has 0 unspecified atom stereocenters. The Bertz CT molecular complexity index is 905. The molecule has 0 fully saturated rings. The standard InChI is InChI=1S/C19H20N2O4/c1-21-9-8-13-14(6-5-7-15(13)21)19(22)20-12-10-16(23-2)18(25-4)17(11-12)24-3/h5-11H,1-4H3,(H,20,22). The van der Waals surface area contributed by atoms with Crippen LogP contribution in [0.2, 0.25) is 0 Å². The van der Waals surface area contributed by atoms with Crippen LogP contribution in [0.1, 0.15) is 10.4 Å². The topological polar surface area (TPSA) is 61.7 Å². The van der Waals surface area contributed by atoms with E-state index >= 15 is 0 Å². The van der Waals surface area contributed by atoms with Crippen molar-refractivity contribution in [2.45, 2.75) is 0 Å². The number of carbonyl (C=O) groups is 1. The minimum Gasteiger partial charge on any atom is -0.493 e. The Morgan fingerprint density at radius 3 is 2.28 bits per heavy atom. The van der Waals surface area contributed by atoms with Crippen LogP contribution in [0.5, 0.6) is 17.2 Å². The number of methoxy groups -OCH3 is 3. The summed E-state index contributed by atoms with van der Waals surface area (Å²) in [7, 11) is 6.55. The van der Waals surface area contributed by atoms with Crippen LogP contribution in [0.25, 0.3) is 10.9 Å². The van der Waals surface area contributed by atoms with Gasteiger partial charge in [-0.2, -0.15) is 0 Å². The number of anilines is 1. The summed E-state index contributed by atoms with van der Waals surface area (Å²) in [4.78, 5) is 12.8. The van der Waals surface area contributed by atoms with Crippen molar-refractivity contribution in [1.82, 2.24) is 4.57 Å². The molecule has 25 heavy (non-hydrogen) atoms. The predicted octanol–water partition coefficient (Wildman–Crippen LogP) is 3.46. The highest BCUT2D eigenvalue weighted by Crippen LogP contribution is 2.40. The number of hydrogen-bond donors (Lipinski definition) is 1. The van der Waals surface area contributed by atoms with E-state index in [1.807, 2.05) is 36.0 Å². The van der Waals surface area contributed by atoms with Crippen molar-refractivity contribution >= 4 is 22.5 Å². The van der Waals surface area contributed by atoms with Gasteiger partial charge in [0.1, 0.15) is 0 Å². The molecule has 6 nitrogen and oxygen atoms in total. The molecule has 3 aromatic rings. The molecule has 1 N–H and O–H groups in total. The SMILES string of the molecule is COc1cc(NC(=O)c2cccc3c2ccn3C)cc(OC)c1OC. The Hall–Kier alpha value is -3.15. The molecule has 0 spiro atoms.